The summed E-state index contributed by atoms with van der Waals surface area (Å²) in [7, 11) is 0. The molecular formula is C35H46N6O5. The Bertz CT molecular complexity index is 1510. The fourth-order valence-corrected chi connectivity index (χ4v) is 6.67. The number of aliphatic hydroxyl groups excluding tert-OH is 1. The van der Waals surface area contributed by atoms with Gasteiger partial charge in [0.05, 0.1) is 11.8 Å². The number of hydrogen-bond donors (Lipinski definition) is 4. The summed E-state index contributed by atoms with van der Waals surface area (Å²) >= 11 is 0. The van der Waals surface area contributed by atoms with Crippen molar-refractivity contribution < 1.29 is 23.8 Å². The quantitative estimate of drug-likeness (QED) is 0.264. The van der Waals surface area contributed by atoms with Crippen LogP contribution in [0.1, 0.15) is 72.0 Å². The smallest absolute Gasteiger partial charge is 0.251 e. The van der Waals surface area contributed by atoms with Gasteiger partial charge >= 0.3 is 0 Å². The lowest BCUT2D eigenvalue weighted by molar-refractivity contribution is -0.129. The van der Waals surface area contributed by atoms with E-state index in [1.165, 1.54) is 12.8 Å². The number of aliphatic hydroxyl groups is 1. The highest BCUT2D eigenvalue weighted by molar-refractivity contribution is 5.96. The second-order valence-corrected chi connectivity index (χ2v) is 12.8. The summed E-state index contributed by atoms with van der Waals surface area (Å²) in [4.78, 5) is 33.6. The van der Waals surface area contributed by atoms with Crippen LogP contribution in [0.5, 0.6) is 5.75 Å². The number of fused-ring (bicyclic) bond motifs is 1. The Morgan fingerprint density at radius 1 is 1.09 bits per heavy atom. The Kier molecular flexibility index (Phi) is 10.1. The number of nitrogens with zero attached hydrogens (tertiary/aromatic N) is 3. The molecule has 0 bridgehead atoms. The van der Waals surface area contributed by atoms with Crippen LogP contribution >= 0.6 is 0 Å². The Hall–Kier alpha value is -4.09. The third-order valence-corrected chi connectivity index (χ3v) is 9.54. The minimum atomic E-state index is -0.753. The number of aryl methyl sites for hydroxylation is 1. The molecule has 3 aliphatic rings. The number of hydrogen-bond acceptors (Lipinski definition) is 9. The van der Waals surface area contributed by atoms with Crippen LogP contribution in [0.4, 0.5) is 11.4 Å². The highest BCUT2D eigenvalue weighted by atomic mass is 16.5. The van der Waals surface area contributed by atoms with Crippen LogP contribution in [0, 0.1) is 6.92 Å². The van der Waals surface area contributed by atoms with E-state index in [1.54, 1.807) is 6.92 Å². The van der Waals surface area contributed by atoms with E-state index < -0.39 is 6.10 Å². The lowest BCUT2D eigenvalue weighted by atomic mass is 9.92. The van der Waals surface area contributed by atoms with Gasteiger partial charge in [0, 0.05) is 75.2 Å². The molecule has 11 nitrogen and oxygen atoms in total. The van der Waals surface area contributed by atoms with Crippen molar-refractivity contribution in [3.05, 3.63) is 70.9 Å². The van der Waals surface area contributed by atoms with E-state index in [9.17, 15) is 14.7 Å². The van der Waals surface area contributed by atoms with Crippen molar-refractivity contribution in [1.29, 1.82) is 0 Å². The summed E-state index contributed by atoms with van der Waals surface area (Å²) in [5.41, 5.74) is 5.63. The van der Waals surface area contributed by atoms with E-state index in [4.69, 9.17) is 9.15 Å². The van der Waals surface area contributed by atoms with Crippen molar-refractivity contribution in [2.75, 3.05) is 42.9 Å². The molecule has 3 aromatic rings. The third kappa shape index (κ3) is 7.82. The van der Waals surface area contributed by atoms with E-state index in [2.05, 4.69) is 31.9 Å². The Morgan fingerprint density at radius 3 is 2.63 bits per heavy atom. The Labute approximate surface area is 270 Å². The number of carbonyl (C=O) groups is 2. The molecule has 0 saturated carbocycles. The van der Waals surface area contributed by atoms with E-state index in [-0.39, 0.29) is 30.4 Å². The van der Waals surface area contributed by atoms with Gasteiger partial charge < -0.3 is 40.0 Å². The molecule has 2 aromatic carbocycles. The first-order chi connectivity index (χ1) is 22.3. The first-order valence-corrected chi connectivity index (χ1v) is 16.6. The number of oxazole rings is 1. The van der Waals surface area contributed by atoms with Crippen molar-refractivity contribution >= 4 is 23.2 Å². The highest BCUT2D eigenvalue weighted by Crippen LogP contribution is 2.28. The average molecular weight is 631 g/mol. The van der Waals surface area contributed by atoms with Crippen molar-refractivity contribution in [1.82, 2.24) is 20.5 Å². The number of ether oxygens (including phenoxy) is 1. The zero-order valence-electron chi connectivity index (χ0n) is 26.9. The molecule has 4 heterocycles. The molecule has 11 heteroatoms. The predicted molar refractivity (Wildman–Crippen MR) is 176 cm³/mol. The Morgan fingerprint density at radius 2 is 1.89 bits per heavy atom. The zero-order valence-corrected chi connectivity index (χ0v) is 26.9. The molecule has 2 saturated heterocycles. The van der Waals surface area contributed by atoms with Crippen molar-refractivity contribution in [3.63, 3.8) is 0 Å². The number of nitrogens with one attached hydrogen (secondary N) is 3. The minimum absolute atomic E-state index is 0.119. The van der Waals surface area contributed by atoms with Crippen LogP contribution in [-0.2, 0) is 24.4 Å². The van der Waals surface area contributed by atoms with E-state index >= 15 is 0 Å². The topological polar surface area (TPSA) is 132 Å². The van der Waals surface area contributed by atoms with Crippen LogP contribution in [0.15, 0.2) is 47.2 Å². The molecule has 0 radical (unpaired) electrons. The molecule has 3 aliphatic heterocycles. The van der Waals surface area contributed by atoms with Crippen molar-refractivity contribution in [2.24, 2.45) is 0 Å². The maximum atomic E-state index is 13.5. The van der Waals surface area contributed by atoms with E-state index in [0.717, 1.165) is 85.8 Å². The maximum absolute atomic E-state index is 13.5. The second-order valence-electron chi connectivity index (χ2n) is 12.8. The SMILES string of the molecule is CC(=O)N1CCC(Nc2cc(C(=O)NC[C@@H](O)[C@@H]3Cc4ccc(OCc5ocnc5C)cc4CN3)cc(N3CCCCC3)c2)CC1. The lowest BCUT2D eigenvalue weighted by Gasteiger charge is -2.33. The molecule has 2 fully saturated rings. The van der Waals surface area contributed by atoms with Crippen LogP contribution in [0.25, 0.3) is 0 Å². The molecule has 0 spiro atoms. The van der Waals surface area contributed by atoms with Crippen LogP contribution < -0.4 is 25.6 Å². The average Bonchev–Trinajstić information content (AvgIpc) is 3.50. The van der Waals surface area contributed by atoms with Crippen LogP contribution in [0.2, 0.25) is 0 Å². The molecular weight excluding hydrogens is 584 g/mol. The molecule has 2 amide bonds. The molecule has 2 atom stereocenters. The number of carbonyl (C=O) groups excluding carboxylic acids is 2. The van der Waals surface area contributed by atoms with Crippen LogP contribution in [0.3, 0.4) is 0 Å². The van der Waals surface area contributed by atoms with Gasteiger partial charge in [0.1, 0.15) is 12.4 Å². The molecule has 0 unspecified atom stereocenters. The number of likely N-dealkylation sites (tertiary alicyclic amines) is 1. The number of anilines is 2. The molecule has 46 heavy (non-hydrogen) atoms. The fraction of sp³-hybridized carbons (Fsp3) is 0.514. The number of amides is 2. The summed E-state index contributed by atoms with van der Waals surface area (Å²) in [5, 5.41) is 21.2. The minimum Gasteiger partial charge on any atom is -0.486 e. The molecule has 246 valence electrons. The van der Waals surface area contributed by atoms with Crippen molar-refractivity contribution in [3.8, 4) is 5.75 Å². The van der Waals surface area contributed by atoms with Gasteiger partial charge in [-0.2, -0.15) is 0 Å². The van der Waals surface area contributed by atoms with Gasteiger partial charge in [0.25, 0.3) is 5.91 Å². The predicted octanol–water partition coefficient (Wildman–Crippen LogP) is 3.78. The van der Waals surface area contributed by atoms with Crippen LogP contribution in [-0.4, -0.2) is 77.7 Å². The standard InChI is InChI=1S/C35H46N6O5/c1-23-34(46-22-38-23)21-45-31-7-6-25-17-32(36-19-27(25)16-31)33(43)20-37-35(44)26-14-29(18-30(15-26)41-10-4-3-5-11-41)39-28-8-12-40(13-9-28)24(2)42/h6-7,14-16,18,22,28,32-33,36,39,43H,3-5,8-13,17,19-21H2,1-2H3,(H,37,44)/t32-,33+/m0/s1. The Balaban J connectivity index is 1.06. The van der Waals surface area contributed by atoms with Crippen molar-refractivity contribution in [2.45, 2.75) is 83.7 Å². The van der Waals surface area contributed by atoms with Gasteiger partial charge in [-0.15, -0.1) is 0 Å². The van der Waals surface area contributed by atoms with Gasteiger partial charge in [-0.05, 0) is 86.9 Å². The third-order valence-electron chi connectivity index (χ3n) is 9.54. The largest absolute Gasteiger partial charge is 0.486 e. The van der Waals surface area contributed by atoms with Gasteiger partial charge in [-0.3, -0.25) is 9.59 Å². The number of aromatic nitrogens is 1. The maximum Gasteiger partial charge on any atom is 0.251 e. The van der Waals surface area contributed by atoms with Gasteiger partial charge in [-0.25, -0.2) is 4.98 Å². The number of piperidine rings is 2. The number of benzene rings is 2. The molecule has 6 rings (SSSR count). The molecule has 4 N–H and O–H groups in total. The first-order valence-electron chi connectivity index (χ1n) is 16.6. The highest BCUT2D eigenvalue weighted by Gasteiger charge is 2.26. The van der Waals surface area contributed by atoms with Gasteiger partial charge in [-0.1, -0.05) is 6.07 Å². The fourth-order valence-electron chi connectivity index (χ4n) is 6.67. The summed E-state index contributed by atoms with van der Waals surface area (Å²) in [5.74, 6) is 1.38. The molecule has 1 aromatic heterocycles. The number of rotatable bonds is 10. The second kappa shape index (κ2) is 14.6. The van der Waals surface area contributed by atoms with E-state index in [1.807, 2.05) is 42.2 Å². The van der Waals surface area contributed by atoms with Gasteiger partial charge in [0.15, 0.2) is 12.2 Å². The zero-order chi connectivity index (χ0) is 32.0. The van der Waals surface area contributed by atoms with Gasteiger partial charge in [0.2, 0.25) is 5.91 Å². The summed E-state index contributed by atoms with van der Waals surface area (Å²) in [6, 6.07) is 12.1. The molecule has 0 aliphatic carbocycles. The summed E-state index contributed by atoms with van der Waals surface area (Å²) in [6.07, 6.45) is 6.57. The van der Waals surface area contributed by atoms with E-state index in [0.29, 0.717) is 30.9 Å². The first kappa shape index (κ1) is 31.9. The lowest BCUT2D eigenvalue weighted by Crippen LogP contribution is -2.49. The normalized spacial score (nSPS) is 19.3. The summed E-state index contributed by atoms with van der Waals surface area (Å²) < 4.78 is 11.3. The summed E-state index contributed by atoms with van der Waals surface area (Å²) in [6.45, 7) is 8.00. The monoisotopic (exact) mass is 630 g/mol.